The van der Waals surface area contributed by atoms with E-state index in [0.717, 1.165) is 12.0 Å². The van der Waals surface area contributed by atoms with E-state index >= 15 is 0 Å². The summed E-state index contributed by atoms with van der Waals surface area (Å²) in [5.41, 5.74) is -0.372. The minimum Gasteiger partial charge on any atom is -0.481 e. The van der Waals surface area contributed by atoms with E-state index in [-0.39, 0.29) is 6.09 Å². The van der Waals surface area contributed by atoms with Crippen LogP contribution in [0.15, 0.2) is 12.2 Å². The van der Waals surface area contributed by atoms with Crippen molar-refractivity contribution in [2.75, 3.05) is 13.1 Å². The summed E-state index contributed by atoms with van der Waals surface area (Å²) in [6, 6.07) is 0. The third-order valence-corrected chi connectivity index (χ3v) is 3.91. The van der Waals surface area contributed by atoms with Gasteiger partial charge in [-0.3, -0.25) is 4.79 Å². The largest absolute Gasteiger partial charge is 0.481 e. The van der Waals surface area contributed by atoms with Crippen LogP contribution >= 0.6 is 0 Å². The molecule has 0 spiro atoms. The molecule has 0 aliphatic carbocycles. The normalized spacial score (nSPS) is 18.2. The van der Waals surface area contributed by atoms with Crippen molar-refractivity contribution in [2.24, 2.45) is 5.41 Å². The van der Waals surface area contributed by atoms with Gasteiger partial charge in [-0.2, -0.15) is 0 Å². The van der Waals surface area contributed by atoms with E-state index in [2.05, 4.69) is 6.58 Å². The molecule has 0 saturated carbocycles. The molecule has 0 aromatic heterocycles. The number of carboxylic acid groups (broad SMARTS) is 1. The van der Waals surface area contributed by atoms with Gasteiger partial charge in [0, 0.05) is 13.1 Å². The average molecular weight is 297 g/mol. The lowest BCUT2D eigenvalue weighted by molar-refractivity contribution is -0.152. The van der Waals surface area contributed by atoms with Crippen LogP contribution in [0.2, 0.25) is 0 Å². The molecule has 0 atom stereocenters. The van der Waals surface area contributed by atoms with Crippen molar-refractivity contribution in [2.45, 2.75) is 59.0 Å². The summed E-state index contributed by atoms with van der Waals surface area (Å²) in [4.78, 5) is 25.3. The molecular formula is C16H27NO4. The summed E-state index contributed by atoms with van der Waals surface area (Å²) in [5.74, 6) is -0.791. The first-order valence-electron chi connectivity index (χ1n) is 7.47. The van der Waals surface area contributed by atoms with E-state index in [1.54, 1.807) is 4.90 Å². The van der Waals surface area contributed by atoms with Crippen LogP contribution < -0.4 is 0 Å². The van der Waals surface area contributed by atoms with Crippen molar-refractivity contribution in [3.05, 3.63) is 12.2 Å². The molecule has 1 rings (SSSR count). The maximum Gasteiger partial charge on any atom is 0.410 e. The Balaban J connectivity index is 2.69. The predicted molar refractivity (Wildman–Crippen MR) is 81.2 cm³/mol. The standard InChI is InChI=1S/C16H27NO4/c1-6-12(2)11-16(13(18)19)7-9-17(10-8-16)14(20)21-15(3,4)5/h2,6-11H2,1,3-5H3,(H,18,19). The summed E-state index contributed by atoms with van der Waals surface area (Å²) >= 11 is 0. The predicted octanol–water partition coefficient (Wildman–Crippen LogP) is 3.44. The highest BCUT2D eigenvalue weighted by Crippen LogP contribution is 2.38. The maximum absolute atomic E-state index is 12.0. The number of ether oxygens (including phenoxy) is 1. The number of allylic oxidation sites excluding steroid dienone is 1. The Bertz CT molecular complexity index is 414. The fraction of sp³-hybridized carbons (Fsp3) is 0.750. The van der Waals surface area contributed by atoms with Gasteiger partial charge in [0.2, 0.25) is 0 Å². The van der Waals surface area contributed by atoms with Crippen molar-refractivity contribution in [3.63, 3.8) is 0 Å². The zero-order chi connectivity index (χ0) is 16.3. The second kappa shape index (κ2) is 6.50. The van der Waals surface area contributed by atoms with Gasteiger partial charge in [0.1, 0.15) is 5.60 Å². The highest BCUT2D eigenvalue weighted by molar-refractivity contribution is 5.76. The van der Waals surface area contributed by atoms with Crippen LogP contribution in [0, 0.1) is 5.41 Å². The van der Waals surface area contributed by atoms with Crippen LogP contribution in [0.25, 0.3) is 0 Å². The van der Waals surface area contributed by atoms with Crippen molar-refractivity contribution >= 4 is 12.1 Å². The van der Waals surface area contributed by atoms with Gasteiger partial charge in [-0.05, 0) is 46.5 Å². The molecule has 1 N–H and O–H groups in total. The summed E-state index contributed by atoms with van der Waals surface area (Å²) < 4.78 is 5.33. The number of aliphatic carboxylic acids is 1. The molecule has 0 bridgehead atoms. The molecular weight excluding hydrogens is 270 g/mol. The molecule has 1 fully saturated rings. The number of carbonyl (C=O) groups excluding carboxylic acids is 1. The van der Waals surface area contributed by atoms with Crippen LogP contribution in [0.4, 0.5) is 4.79 Å². The lowest BCUT2D eigenvalue weighted by atomic mass is 9.73. The molecule has 1 aliphatic heterocycles. The fourth-order valence-electron chi connectivity index (χ4n) is 2.51. The number of carboxylic acids is 1. The van der Waals surface area contributed by atoms with Crippen molar-refractivity contribution in [1.82, 2.24) is 4.90 Å². The van der Waals surface area contributed by atoms with E-state index in [9.17, 15) is 14.7 Å². The second-order valence-electron chi connectivity index (χ2n) is 6.83. The first kappa shape index (κ1) is 17.5. The van der Waals surface area contributed by atoms with Crippen LogP contribution in [-0.2, 0) is 9.53 Å². The van der Waals surface area contributed by atoms with E-state index in [4.69, 9.17) is 4.74 Å². The number of rotatable bonds is 4. The smallest absolute Gasteiger partial charge is 0.410 e. The highest BCUT2D eigenvalue weighted by Gasteiger charge is 2.43. The van der Waals surface area contributed by atoms with Crippen LogP contribution in [0.5, 0.6) is 0 Å². The van der Waals surface area contributed by atoms with Crippen LogP contribution in [-0.4, -0.2) is 40.8 Å². The molecule has 0 aromatic carbocycles. The summed E-state index contributed by atoms with van der Waals surface area (Å²) in [5, 5.41) is 9.57. The van der Waals surface area contributed by atoms with Gasteiger partial charge in [-0.25, -0.2) is 4.79 Å². The number of piperidine rings is 1. The number of nitrogens with zero attached hydrogens (tertiary/aromatic N) is 1. The topological polar surface area (TPSA) is 66.8 Å². The van der Waals surface area contributed by atoms with Crippen LogP contribution in [0.1, 0.15) is 53.4 Å². The average Bonchev–Trinajstić information content (AvgIpc) is 2.37. The molecule has 1 amide bonds. The number of likely N-dealkylation sites (tertiary alicyclic amines) is 1. The minimum absolute atomic E-state index is 0.365. The summed E-state index contributed by atoms with van der Waals surface area (Å²) in [6.45, 7) is 12.2. The Labute approximate surface area is 127 Å². The lowest BCUT2D eigenvalue weighted by Crippen LogP contribution is -2.48. The quantitative estimate of drug-likeness (QED) is 0.807. The number of carbonyl (C=O) groups is 2. The molecule has 120 valence electrons. The van der Waals surface area contributed by atoms with E-state index in [0.29, 0.717) is 32.4 Å². The molecule has 0 radical (unpaired) electrons. The minimum atomic E-state index is -0.791. The summed E-state index contributed by atoms with van der Waals surface area (Å²) in [7, 11) is 0. The Hall–Kier alpha value is -1.52. The maximum atomic E-state index is 12.0. The van der Waals surface area contributed by atoms with Gasteiger partial charge in [0.15, 0.2) is 0 Å². The molecule has 5 nitrogen and oxygen atoms in total. The van der Waals surface area contributed by atoms with Gasteiger partial charge in [-0.15, -0.1) is 0 Å². The molecule has 1 heterocycles. The Morgan fingerprint density at radius 3 is 2.19 bits per heavy atom. The SMILES string of the molecule is C=C(CC)CC1(C(=O)O)CCN(C(=O)OC(C)(C)C)CC1. The van der Waals surface area contributed by atoms with E-state index < -0.39 is 17.0 Å². The van der Waals surface area contributed by atoms with Gasteiger partial charge in [0.05, 0.1) is 5.41 Å². The third-order valence-electron chi connectivity index (χ3n) is 3.91. The molecule has 21 heavy (non-hydrogen) atoms. The number of amides is 1. The lowest BCUT2D eigenvalue weighted by Gasteiger charge is -2.39. The zero-order valence-corrected chi connectivity index (χ0v) is 13.6. The highest BCUT2D eigenvalue weighted by atomic mass is 16.6. The fourth-order valence-corrected chi connectivity index (χ4v) is 2.51. The third kappa shape index (κ3) is 4.76. The molecule has 0 unspecified atom stereocenters. The molecule has 1 aliphatic rings. The van der Waals surface area contributed by atoms with Gasteiger partial charge in [-0.1, -0.05) is 19.1 Å². The first-order chi connectivity index (χ1) is 9.59. The number of hydrogen-bond acceptors (Lipinski definition) is 3. The number of hydrogen-bond donors (Lipinski definition) is 1. The second-order valence-corrected chi connectivity index (χ2v) is 6.83. The first-order valence-corrected chi connectivity index (χ1v) is 7.47. The van der Waals surface area contributed by atoms with Crippen molar-refractivity contribution < 1.29 is 19.4 Å². The van der Waals surface area contributed by atoms with Crippen molar-refractivity contribution in [3.8, 4) is 0 Å². The summed E-state index contributed by atoms with van der Waals surface area (Å²) in [6.07, 6.45) is 1.79. The monoisotopic (exact) mass is 297 g/mol. The van der Waals surface area contributed by atoms with Gasteiger partial charge in [0.25, 0.3) is 0 Å². The van der Waals surface area contributed by atoms with E-state index in [1.807, 2.05) is 27.7 Å². The van der Waals surface area contributed by atoms with Crippen LogP contribution in [0.3, 0.4) is 0 Å². The molecule has 5 heteroatoms. The van der Waals surface area contributed by atoms with E-state index in [1.165, 1.54) is 0 Å². The molecule has 1 saturated heterocycles. The Morgan fingerprint density at radius 1 is 1.29 bits per heavy atom. The van der Waals surface area contributed by atoms with Crippen molar-refractivity contribution in [1.29, 1.82) is 0 Å². The molecule has 0 aromatic rings. The van der Waals surface area contributed by atoms with Gasteiger partial charge < -0.3 is 14.7 Å². The Morgan fingerprint density at radius 2 is 1.81 bits per heavy atom. The Kier molecular flexibility index (Phi) is 5.42. The van der Waals surface area contributed by atoms with Gasteiger partial charge >= 0.3 is 12.1 Å². The zero-order valence-electron chi connectivity index (χ0n) is 13.6.